The van der Waals surface area contributed by atoms with Crippen LogP contribution >= 0.6 is 0 Å². The summed E-state index contributed by atoms with van der Waals surface area (Å²) in [7, 11) is 0. The molecular weight excluding hydrogens is 324 g/mol. The third kappa shape index (κ3) is 3.65. The van der Waals surface area contributed by atoms with Crippen LogP contribution < -0.4 is 5.32 Å². The average molecular weight is 348 g/mol. The average Bonchev–Trinajstić information content (AvgIpc) is 3.23. The molecule has 3 aromatic rings. The van der Waals surface area contributed by atoms with E-state index in [1.807, 2.05) is 48.5 Å². The van der Waals surface area contributed by atoms with Gasteiger partial charge in [0.25, 0.3) is 5.91 Å². The fourth-order valence-electron chi connectivity index (χ4n) is 3.74. The molecule has 1 amide bonds. The number of piperidine rings is 1. The minimum absolute atomic E-state index is 0.0377. The highest BCUT2D eigenvalue weighted by Crippen LogP contribution is 2.24. The number of fused-ring (bicyclic) bond motifs is 1. The van der Waals surface area contributed by atoms with Crippen LogP contribution in [0.5, 0.6) is 0 Å². The lowest BCUT2D eigenvalue weighted by atomic mass is 10.1. The van der Waals surface area contributed by atoms with Gasteiger partial charge in [0.05, 0.1) is 12.3 Å². The van der Waals surface area contributed by atoms with Crippen LogP contribution in [-0.4, -0.2) is 30.4 Å². The predicted molar refractivity (Wildman–Crippen MR) is 103 cm³/mol. The van der Waals surface area contributed by atoms with E-state index < -0.39 is 0 Å². The highest BCUT2D eigenvalue weighted by atomic mass is 16.3. The molecule has 1 aliphatic heterocycles. The molecule has 0 spiro atoms. The second-order valence-electron chi connectivity index (χ2n) is 6.90. The van der Waals surface area contributed by atoms with Crippen molar-refractivity contribution in [1.29, 1.82) is 0 Å². The van der Waals surface area contributed by atoms with Gasteiger partial charge in [-0.05, 0) is 61.0 Å². The Morgan fingerprint density at radius 1 is 1.00 bits per heavy atom. The summed E-state index contributed by atoms with van der Waals surface area (Å²) >= 11 is 0. The molecule has 134 valence electrons. The SMILES string of the molecule is O=C(NCC(c1ccco1)N1CCCCC1)c1ccc2ccccc2c1. The second kappa shape index (κ2) is 7.75. The Hall–Kier alpha value is -2.59. The number of furan rings is 1. The summed E-state index contributed by atoms with van der Waals surface area (Å²) in [5.41, 5.74) is 0.695. The topological polar surface area (TPSA) is 45.5 Å². The number of likely N-dealkylation sites (tertiary alicyclic amines) is 1. The normalized spacial score (nSPS) is 16.5. The van der Waals surface area contributed by atoms with E-state index in [1.165, 1.54) is 19.3 Å². The van der Waals surface area contributed by atoms with E-state index in [9.17, 15) is 4.79 Å². The molecule has 0 bridgehead atoms. The summed E-state index contributed by atoms with van der Waals surface area (Å²) in [5.74, 6) is 0.884. The molecule has 1 aliphatic rings. The molecule has 1 unspecified atom stereocenters. The van der Waals surface area contributed by atoms with Crippen molar-refractivity contribution in [3.8, 4) is 0 Å². The molecule has 2 heterocycles. The Kier molecular flexibility index (Phi) is 5.02. The van der Waals surface area contributed by atoms with Gasteiger partial charge < -0.3 is 9.73 Å². The summed E-state index contributed by atoms with van der Waals surface area (Å²) in [4.78, 5) is 15.1. The summed E-state index contributed by atoms with van der Waals surface area (Å²) in [6, 6.07) is 17.9. The molecule has 1 saturated heterocycles. The molecule has 4 nitrogen and oxygen atoms in total. The largest absolute Gasteiger partial charge is 0.468 e. The van der Waals surface area contributed by atoms with Gasteiger partial charge in [0.1, 0.15) is 5.76 Å². The molecular formula is C22H24N2O2. The van der Waals surface area contributed by atoms with Crippen LogP contribution in [0, 0.1) is 0 Å². The molecule has 26 heavy (non-hydrogen) atoms. The number of benzene rings is 2. The smallest absolute Gasteiger partial charge is 0.251 e. The number of amides is 1. The van der Waals surface area contributed by atoms with Crippen LogP contribution in [0.25, 0.3) is 10.8 Å². The van der Waals surface area contributed by atoms with E-state index in [1.54, 1.807) is 6.26 Å². The zero-order valence-electron chi connectivity index (χ0n) is 14.9. The van der Waals surface area contributed by atoms with Crippen molar-refractivity contribution in [3.63, 3.8) is 0 Å². The number of hydrogen-bond donors (Lipinski definition) is 1. The van der Waals surface area contributed by atoms with Crippen molar-refractivity contribution < 1.29 is 9.21 Å². The summed E-state index contributed by atoms with van der Waals surface area (Å²) < 4.78 is 5.65. The predicted octanol–water partition coefficient (Wildman–Crippen LogP) is 4.39. The van der Waals surface area contributed by atoms with E-state index in [0.29, 0.717) is 12.1 Å². The Morgan fingerprint density at radius 2 is 1.81 bits per heavy atom. The van der Waals surface area contributed by atoms with E-state index in [-0.39, 0.29) is 11.9 Å². The highest BCUT2D eigenvalue weighted by molar-refractivity contribution is 5.98. The molecule has 2 aromatic carbocycles. The first-order valence-electron chi connectivity index (χ1n) is 9.36. The first-order valence-corrected chi connectivity index (χ1v) is 9.36. The molecule has 0 saturated carbocycles. The maximum absolute atomic E-state index is 12.7. The second-order valence-corrected chi connectivity index (χ2v) is 6.90. The number of carbonyl (C=O) groups is 1. The zero-order valence-corrected chi connectivity index (χ0v) is 14.9. The van der Waals surface area contributed by atoms with Gasteiger partial charge in [-0.1, -0.05) is 36.8 Å². The van der Waals surface area contributed by atoms with Gasteiger partial charge in [0.2, 0.25) is 0 Å². The van der Waals surface area contributed by atoms with Crippen LogP contribution in [0.15, 0.2) is 65.3 Å². The molecule has 1 N–H and O–H groups in total. The summed E-state index contributed by atoms with van der Waals surface area (Å²) in [6.07, 6.45) is 5.40. The van der Waals surface area contributed by atoms with Crippen LogP contribution in [0.3, 0.4) is 0 Å². The maximum Gasteiger partial charge on any atom is 0.251 e. The van der Waals surface area contributed by atoms with Crippen molar-refractivity contribution in [1.82, 2.24) is 10.2 Å². The Balaban J connectivity index is 1.48. The van der Waals surface area contributed by atoms with E-state index in [0.717, 1.165) is 29.6 Å². The Morgan fingerprint density at radius 3 is 2.58 bits per heavy atom. The molecule has 1 aromatic heterocycles. The molecule has 4 heteroatoms. The molecule has 0 radical (unpaired) electrons. The Bertz CT molecular complexity index is 867. The summed E-state index contributed by atoms with van der Waals surface area (Å²) in [5, 5.41) is 5.34. The maximum atomic E-state index is 12.7. The van der Waals surface area contributed by atoms with Crippen LogP contribution in [-0.2, 0) is 0 Å². The van der Waals surface area contributed by atoms with Crippen molar-refractivity contribution in [3.05, 3.63) is 72.2 Å². The zero-order chi connectivity index (χ0) is 17.8. The third-order valence-corrected chi connectivity index (χ3v) is 5.17. The van der Waals surface area contributed by atoms with E-state index in [2.05, 4.69) is 16.3 Å². The van der Waals surface area contributed by atoms with Crippen LogP contribution in [0.4, 0.5) is 0 Å². The molecule has 1 fully saturated rings. The fourth-order valence-corrected chi connectivity index (χ4v) is 3.74. The lowest BCUT2D eigenvalue weighted by molar-refractivity contribution is 0.0914. The third-order valence-electron chi connectivity index (χ3n) is 5.17. The molecule has 4 rings (SSSR count). The quantitative estimate of drug-likeness (QED) is 0.744. The van der Waals surface area contributed by atoms with Crippen molar-refractivity contribution in [2.75, 3.05) is 19.6 Å². The Labute approximate surface area is 153 Å². The van der Waals surface area contributed by atoms with Gasteiger partial charge in [0, 0.05) is 12.1 Å². The number of nitrogens with zero attached hydrogens (tertiary/aromatic N) is 1. The highest BCUT2D eigenvalue weighted by Gasteiger charge is 2.25. The fraction of sp³-hybridized carbons (Fsp3) is 0.318. The van der Waals surface area contributed by atoms with Gasteiger partial charge in [-0.2, -0.15) is 0 Å². The van der Waals surface area contributed by atoms with E-state index >= 15 is 0 Å². The first kappa shape index (κ1) is 16.9. The minimum Gasteiger partial charge on any atom is -0.468 e. The number of rotatable bonds is 5. The molecule has 0 aliphatic carbocycles. The number of nitrogens with one attached hydrogen (secondary N) is 1. The van der Waals surface area contributed by atoms with Gasteiger partial charge in [0.15, 0.2) is 0 Å². The number of hydrogen-bond acceptors (Lipinski definition) is 3. The van der Waals surface area contributed by atoms with Crippen molar-refractivity contribution in [2.45, 2.75) is 25.3 Å². The lowest BCUT2D eigenvalue weighted by Gasteiger charge is -2.33. The number of carbonyl (C=O) groups excluding carboxylic acids is 1. The van der Waals surface area contributed by atoms with Crippen LogP contribution in [0.1, 0.15) is 41.4 Å². The van der Waals surface area contributed by atoms with Crippen molar-refractivity contribution >= 4 is 16.7 Å². The van der Waals surface area contributed by atoms with E-state index in [4.69, 9.17) is 4.42 Å². The standard InChI is InChI=1S/C22H24N2O2/c25-22(19-11-10-17-7-2-3-8-18(17)15-19)23-16-20(21-9-6-14-26-21)24-12-4-1-5-13-24/h2-3,6-11,14-15,20H,1,4-5,12-13,16H2,(H,23,25). The molecule has 1 atom stereocenters. The summed E-state index contributed by atoms with van der Waals surface area (Å²) in [6.45, 7) is 2.66. The minimum atomic E-state index is -0.0377. The van der Waals surface area contributed by atoms with Gasteiger partial charge >= 0.3 is 0 Å². The first-order chi connectivity index (χ1) is 12.8. The van der Waals surface area contributed by atoms with Crippen LogP contribution in [0.2, 0.25) is 0 Å². The van der Waals surface area contributed by atoms with Gasteiger partial charge in [-0.3, -0.25) is 9.69 Å². The lowest BCUT2D eigenvalue weighted by Crippen LogP contribution is -2.40. The van der Waals surface area contributed by atoms with Gasteiger partial charge in [-0.15, -0.1) is 0 Å². The monoisotopic (exact) mass is 348 g/mol. The van der Waals surface area contributed by atoms with Crippen molar-refractivity contribution in [2.24, 2.45) is 0 Å². The van der Waals surface area contributed by atoms with Gasteiger partial charge in [-0.25, -0.2) is 0 Å².